The highest BCUT2D eigenvalue weighted by atomic mass is 35.5. The van der Waals surface area contributed by atoms with Crippen molar-refractivity contribution >= 4 is 17.3 Å². The lowest BCUT2D eigenvalue weighted by molar-refractivity contribution is -0.385. The average Bonchev–Trinajstić information content (AvgIpc) is 3.07. The number of hydrogen-bond donors (Lipinski definition) is 1. The smallest absolute Gasteiger partial charge is 0.272 e. The van der Waals surface area contributed by atoms with E-state index >= 15 is 0 Å². The fourth-order valence-corrected chi connectivity index (χ4v) is 4.69. The van der Waals surface area contributed by atoms with Gasteiger partial charge in [0.1, 0.15) is 29.8 Å². The van der Waals surface area contributed by atoms with Gasteiger partial charge >= 0.3 is 0 Å². The molecule has 2 heterocycles. The van der Waals surface area contributed by atoms with E-state index in [0.717, 1.165) is 48.7 Å². The molecule has 2 aromatic carbocycles. The first-order chi connectivity index (χ1) is 14.8. The summed E-state index contributed by atoms with van der Waals surface area (Å²) in [7, 11) is 0. The summed E-state index contributed by atoms with van der Waals surface area (Å²) in [6, 6.07) is 8.84. The monoisotopic (exact) mass is 446 g/mol. The maximum atomic E-state index is 11.0. The molecule has 0 amide bonds. The van der Waals surface area contributed by atoms with E-state index in [9.17, 15) is 15.2 Å². The van der Waals surface area contributed by atoms with Crippen LogP contribution in [0.3, 0.4) is 0 Å². The standard InChI is InChI=1S/C23H27ClN2O5/c1-15-16(2)21(6-4-20(15)26(28)29)30-14-19(27)13-25-9-7-23(8-10-25)12-17-11-18(24)3-5-22(17)31-23/h3-6,11,19,27H,7-10,12-14H2,1-2H3/t19-/m1/s1. The highest BCUT2D eigenvalue weighted by molar-refractivity contribution is 6.30. The van der Waals surface area contributed by atoms with Gasteiger partial charge in [0.25, 0.3) is 5.69 Å². The maximum absolute atomic E-state index is 11.0. The normalized spacial score (nSPS) is 18.5. The van der Waals surface area contributed by atoms with Gasteiger partial charge in [0, 0.05) is 61.1 Å². The second kappa shape index (κ2) is 8.65. The van der Waals surface area contributed by atoms with Crippen LogP contribution in [0.2, 0.25) is 5.02 Å². The Hall–Kier alpha value is -2.35. The number of fused-ring (bicyclic) bond motifs is 1. The Morgan fingerprint density at radius 1 is 1.26 bits per heavy atom. The van der Waals surface area contributed by atoms with Crippen LogP contribution in [0.1, 0.15) is 29.5 Å². The number of aliphatic hydroxyl groups is 1. The van der Waals surface area contributed by atoms with E-state index < -0.39 is 11.0 Å². The predicted molar refractivity (Wildman–Crippen MR) is 118 cm³/mol. The molecule has 4 rings (SSSR count). The zero-order chi connectivity index (χ0) is 22.2. The van der Waals surface area contributed by atoms with Crippen LogP contribution in [0.15, 0.2) is 30.3 Å². The van der Waals surface area contributed by atoms with Gasteiger partial charge < -0.3 is 19.5 Å². The Labute approximate surface area is 186 Å². The predicted octanol–water partition coefficient (Wildman–Crippen LogP) is 4.07. The number of hydrogen-bond acceptors (Lipinski definition) is 6. The van der Waals surface area contributed by atoms with Crippen molar-refractivity contribution in [2.75, 3.05) is 26.2 Å². The van der Waals surface area contributed by atoms with Crippen molar-refractivity contribution in [3.05, 3.63) is 62.2 Å². The van der Waals surface area contributed by atoms with E-state index in [2.05, 4.69) is 4.90 Å². The van der Waals surface area contributed by atoms with Gasteiger partial charge in [-0.05, 0) is 43.7 Å². The van der Waals surface area contributed by atoms with Gasteiger partial charge in [-0.25, -0.2) is 0 Å². The van der Waals surface area contributed by atoms with Gasteiger partial charge in [0.05, 0.1) is 4.92 Å². The van der Waals surface area contributed by atoms with Crippen molar-refractivity contribution in [1.82, 2.24) is 4.90 Å². The number of likely N-dealkylation sites (tertiary alicyclic amines) is 1. The number of β-amino-alcohol motifs (C(OH)–C–C–N with tert-alkyl or cyclic N) is 1. The van der Waals surface area contributed by atoms with E-state index in [1.807, 2.05) is 18.2 Å². The highest BCUT2D eigenvalue weighted by Gasteiger charge is 2.42. The summed E-state index contributed by atoms with van der Waals surface area (Å²) in [6.45, 7) is 5.83. The van der Waals surface area contributed by atoms with Crippen LogP contribution in [0.5, 0.6) is 11.5 Å². The largest absolute Gasteiger partial charge is 0.491 e. The van der Waals surface area contributed by atoms with E-state index in [1.54, 1.807) is 19.9 Å². The molecule has 1 saturated heterocycles. The maximum Gasteiger partial charge on any atom is 0.272 e. The average molecular weight is 447 g/mol. The van der Waals surface area contributed by atoms with Gasteiger partial charge in [-0.3, -0.25) is 10.1 Å². The minimum Gasteiger partial charge on any atom is -0.491 e. The van der Waals surface area contributed by atoms with Gasteiger partial charge in [-0.15, -0.1) is 0 Å². The molecule has 7 nitrogen and oxygen atoms in total. The van der Waals surface area contributed by atoms with E-state index in [1.165, 1.54) is 11.6 Å². The first kappa shape index (κ1) is 21.9. The van der Waals surface area contributed by atoms with Gasteiger partial charge in [-0.2, -0.15) is 0 Å². The van der Waals surface area contributed by atoms with Crippen molar-refractivity contribution in [3.8, 4) is 11.5 Å². The third-order valence-corrected chi connectivity index (χ3v) is 6.67. The van der Waals surface area contributed by atoms with Crippen LogP contribution >= 0.6 is 11.6 Å². The molecule has 166 valence electrons. The second-order valence-corrected chi connectivity index (χ2v) is 9.01. The molecule has 1 N–H and O–H groups in total. The summed E-state index contributed by atoms with van der Waals surface area (Å²) in [5.41, 5.74) is 2.38. The third-order valence-electron chi connectivity index (χ3n) is 6.43. The van der Waals surface area contributed by atoms with Crippen LogP contribution in [-0.4, -0.2) is 52.9 Å². The quantitative estimate of drug-likeness (QED) is 0.531. The number of nitro benzene ring substituents is 1. The fourth-order valence-electron chi connectivity index (χ4n) is 4.50. The zero-order valence-corrected chi connectivity index (χ0v) is 18.5. The number of aliphatic hydroxyl groups excluding tert-OH is 1. The molecule has 1 atom stereocenters. The lowest BCUT2D eigenvalue weighted by Crippen LogP contribution is -2.49. The van der Waals surface area contributed by atoms with Crippen molar-refractivity contribution in [1.29, 1.82) is 0 Å². The molecule has 1 fully saturated rings. The summed E-state index contributed by atoms with van der Waals surface area (Å²) in [6.07, 6.45) is 2.02. The molecule has 2 aromatic rings. The number of ether oxygens (including phenoxy) is 2. The first-order valence-electron chi connectivity index (χ1n) is 10.5. The van der Waals surface area contributed by atoms with Crippen LogP contribution in [0, 0.1) is 24.0 Å². The van der Waals surface area contributed by atoms with Gasteiger partial charge in [0.15, 0.2) is 0 Å². The first-order valence-corrected chi connectivity index (χ1v) is 10.9. The van der Waals surface area contributed by atoms with Crippen molar-refractivity contribution in [2.24, 2.45) is 0 Å². The number of halogens is 1. The Bertz CT molecular complexity index is 988. The second-order valence-electron chi connectivity index (χ2n) is 8.57. The van der Waals surface area contributed by atoms with Crippen LogP contribution in [0.4, 0.5) is 5.69 Å². The van der Waals surface area contributed by atoms with Crippen molar-refractivity contribution < 1.29 is 19.5 Å². The van der Waals surface area contributed by atoms with Crippen molar-refractivity contribution in [2.45, 2.75) is 44.8 Å². The molecule has 31 heavy (non-hydrogen) atoms. The van der Waals surface area contributed by atoms with Gasteiger partial charge in [0.2, 0.25) is 0 Å². The van der Waals surface area contributed by atoms with E-state index in [4.69, 9.17) is 21.1 Å². The summed E-state index contributed by atoms with van der Waals surface area (Å²) < 4.78 is 12.0. The Kier molecular flexibility index (Phi) is 6.10. The molecular weight excluding hydrogens is 420 g/mol. The zero-order valence-electron chi connectivity index (χ0n) is 17.8. The summed E-state index contributed by atoms with van der Waals surface area (Å²) in [5.74, 6) is 1.50. The molecule has 2 aliphatic rings. The Balaban J connectivity index is 1.27. The fraction of sp³-hybridized carbons (Fsp3) is 0.478. The van der Waals surface area contributed by atoms with Crippen LogP contribution < -0.4 is 9.47 Å². The molecule has 8 heteroatoms. The number of piperidine rings is 1. The van der Waals surface area contributed by atoms with Crippen LogP contribution in [-0.2, 0) is 6.42 Å². The molecular formula is C23H27ClN2O5. The molecule has 0 bridgehead atoms. The van der Waals surface area contributed by atoms with Crippen LogP contribution in [0.25, 0.3) is 0 Å². The lowest BCUT2D eigenvalue weighted by Gasteiger charge is -2.39. The Morgan fingerprint density at radius 3 is 2.71 bits per heavy atom. The lowest BCUT2D eigenvalue weighted by atomic mass is 9.87. The summed E-state index contributed by atoms with van der Waals surface area (Å²) in [5, 5.41) is 22.3. The number of benzene rings is 2. The molecule has 0 radical (unpaired) electrons. The SMILES string of the molecule is Cc1c(OC[C@H](O)CN2CCC3(CC2)Cc2cc(Cl)ccc2O3)ccc([N+](=O)[O-])c1C. The Morgan fingerprint density at radius 2 is 2.00 bits per heavy atom. The molecule has 0 aromatic heterocycles. The third kappa shape index (κ3) is 4.63. The number of rotatable bonds is 6. The van der Waals surface area contributed by atoms with E-state index in [-0.39, 0.29) is 17.9 Å². The number of nitrogens with zero attached hydrogens (tertiary/aromatic N) is 2. The molecule has 2 aliphatic heterocycles. The van der Waals surface area contributed by atoms with Gasteiger partial charge in [-0.1, -0.05) is 11.6 Å². The number of nitro groups is 1. The molecule has 1 spiro atoms. The summed E-state index contributed by atoms with van der Waals surface area (Å²) >= 11 is 6.11. The molecule has 0 aliphatic carbocycles. The minimum atomic E-state index is -0.649. The molecule has 0 saturated carbocycles. The topological polar surface area (TPSA) is 85.1 Å². The van der Waals surface area contributed by atoms with Crippen molar-refractivity contribution in [3.63, 3.8) is 0 Å². The van der Waals surface area contributed by atoms with E-state index in [0.29, 0.717) is 17.9 Å². The molecule has 0 unspecified atom stereocenters. The summed E-state index contributed by atoms with van der Waals surface area (Å²) in [4.78, 5) is 12.9. The highest BCUT2D eigenvalue weighted by Crippen LogP contribution is 2.42. The minimum absolute atomic E-state index is 0.0752.